The fourth-order valence-corrected chi connectivity index (χ4v) is 2.61. The van der Waals surface area contributed by atoms with Gasteiger partial charge in [-0.25, -0.2) is 9.98 Å². The number of rotatable bonds is 6. The number of nitrogens with zero attached hydrogens (tertiary/aromatic N) is 3. The summed E-state index contributed by atoms with van der Waals surface area (Å²) in [7, 11) is 0. The number of guanidine groups is 1. The molecule has 3 rings (SSSR count). The Morgan fingerprint density at radius 3 is 3.09 bits per heavy atom. The molecule has 0 radical (unpaired) electrons. The SMILES string of the molecule is CCNC(=NCC1Cc2ccccc2O1)NCCn1ccnc1. The number of para-hydroxylation sites is 1. The minimum Gasteiger partial charge on any atom is -0.488 e. The van der Waals surface area contributed by atoms with Crippen molar-refractivity contribution in [3.05, 3.63) is 48.5 Å². The van der Waals surface area contributed by atoms with E-state index < -0.39 is 0 Å². The monoisotopic (exact) mass is 313 g/mol. The van der Waals surface area contributed by atoms with Gasteiger partial charge in [-0.1, -0.05) is 18.2 Å². The van der Waals surface area contributed by atoms with Crippen molar-refractivity contribution in [3.8, 4) is 5.75 Å². The number of imidazole rings is 1. The lowest BCUT2D eigenvalue weighted by Crippen LogP contribution is -2.39. The van der Waals surface area contributed by atoms with Gasteiger partial charge in [-0.2, -0.15) is 0 Å². The summed E-state index contributed by atoms with van der Waals surface area (Å²) in [5.41, 5.74) is 1.27. The zero-order chi connectivity index (χ0) is 15.9. The standard InChI is InChI=1S/C17H23N5O/c1-2-19-17(20-8-10-22-9-7-18-13-22)21-12-15-11-14-5-3-4-6-16(14)23-15/h3-7,9,13,15H,2,8,10-12H2,1H3,(H2,19,20,21). The van der Waals surface area contributed by atoms with Crippen LogP contribution in [-0.4, -0.2) is 41.2 Å². The molecule has 1 aromatic heterocycles. The maximum absolute atomic E-state index is 5.92. The third-order valence-corrected chi connectivity index (χ3v) is 3.73. The molecule has 0 saturated heterocycles. The molecule has 0 fully saturated rings. The Bertz CT molecular complexity index is 613. The maximum Gasteiger partial charge on any atom is 0.191 e. The van der Waals surface area contributed by atoms with Gasteiger partial charge >= 0.3 is 0 Å². The molecular weight excluding hydrogens is 290 g/mol. The van der Waals surface area contributed by atoms with E-state index in [2.05, 4.69) is 39.7 Å². The van der Waals surface area contributed by atoms with Crippen LogP contribution in [0, 0.1) is 0 Å². The van der Waals surface area contributed by atoms with Crippen molar-refractivity contribution in [2.24, 2.45) is 4.99 Å². The van der Waals surface area contributed by atoms with E-state index >= 15 is 0 Å². The van der Waals surface area contributed by atoms with Crippen molar-refractivity contribution in [1.29, 1.82) is 0 Å². The smallest absolute Gasteiger partial charge is 0.191 e. The molecular formula is C17H23N5O. The second-order valence-corrected chi connectivity index (χ2v) is 5.50. The second-order valence-electron chi connectivity index (χ2n) is 5.50. The largest absolute Gasteiger partial charge is 0.488 e. The number of hydrogen-bond acceptors (Lipinski definition) is 3. The molecule has 0 spiro atoms. The van der Waals surface area contributed by atoms with Gasteiger partial charge in [0.15, 0.2) is 5.96 Å². The predicted molar refractivity (Wildman–Crippen MR) is 90.8 cm³/mol. The Balaban J connectivity index is 1.49. The Morgan fingerprint density at radius 1 is 1.39 bits per heavy atom. The molecule has 1 unspecified atom stereocenters. The van der Waals surface area contributed by atoms with Crippen molar-refractivity contribution in [2.75, 3.05) is 19.6 Å². The first kappa shape index (κ1) is 15.4. The van der Waals surface area contributed by atoms with Crippen LogP contribution in [-0.2, 0) is 13.0 Å². The van der Waals surface area contributed by atoms with Gasteiger partial charge in [-0.05, 0) is 18.6 Å². The molecule has 122 valence electrons. The molecule has 1 aliphatic rings. The summed E-state index contributed by atoms with van der Waals surface area (Å²) >= 11 is 0. The Morgan fingerprint density at radius 2 is 2.30 bits per heavy atom. The quantitative estimate of drug-likeness (QED) is 0.626. The van der Waals surface area contributed by atoms with E-state index in [1.54, 1.807) is 6.20 Å². The molecule has 0 saturated carbocycles. The van der Waals surface area contributed by atoms with Gasteiger partial charge < -0.3 is 19.9 Å². The zero-order valence-electron chi connectivity index (χ0n) is 13.4. The van der Waals surface area contributed by atoms with Crippen LogP contribution < -0.4 is 15.4 Å². The van der Waals surface area contributed by atoms with Gasteiger partial charge in [-0.15, -0.1) is 0 Å². The normalized spacial score (nSPS) is 16.7. The third-order valence-electron chi connectivity index (χ3n) is 3.73. The first-order valence-electron chi connectivity index (χ1n) is 8.07. The first-order valence-corrected chi connectivity index (χ1v) is 8.07. The number of aliphatic imine (C=N–C) groups is 1. The number of aromatic nitrogens is 2. The molecule has 1 atom stereocenters. The molecule has 0 amide bonds. The van der Waals surface area contributed by atoms with Gasteiger partial charge in [0, 0.05) is 38.4 Å². The second kappa shape index (κ2) is 7.67. The molecule has 6 nitrogen and oxygen atoms in total. The van der Waals surface area contributed by atoms with Gasteiger partial charge in [0.1, 0.15) is 11.9 Å². The maximum atomic E-state index is 5.92. The molecule has 2 N–H and O–H groups in total. The summed E-state index contributed by atoms with van der Waals surface area (Å²) < 4.78 is 7.96. The third kappa shape index (κ3) is 4.25. The molecule has 23 heavy (non-hydrogen) atoms. The van der Waals surface area contributed by atoms with Crippen LogP contribution in [0.25, 0.3) is 0 Å². The molecule has 1 aliphatic heterocycles. The zero-order valence-corrected chi connectivity index (χ0v) is 13.4. The molecule has 1 aromatic carbocycles. The molecule has 6 heteroatoms. The van der Waals surface area contributed by atoms with Crippen molar-refractivity contribution in [2.45, 2.75) is 26.0 Å². The van der Waals surface area contributed by atoms with E-state index in [1.165, 1.54) is 5.56 Å². The highest BCUT2D eigenvalue weighted by Crippen LogP contribution is 2.28. The first-order chi connectivity index (χ1) is 11.3. The van der Waals surface area contributed by atoms with Gasteiger partial charge in [0.05, 0.1) is 12.9 Å². The van der Waals surface area contributed by atoms with Gasteiger partial charge in [0.2, 0.25) is 0 Å². The number of ether oxygens (including phenoxy) is 1. The van der Waals surface area contributed by atoms with E-state index in [-0.39, 0.29) is 6.10 Å². The van der Waals surface area contributed by atoms with E-state index in [0.717, 1.165) is 37.8 Å². The minimum atomic E-state index is 0.122. The molecule has 0 aliphatic carbocycles. The summed E-state index contributed by atoms with van der Waals surface area (Å²) in [6.45, 7) is 5.20. The van der Waals surface area contributed by atoms with Crippen molar-refractivity contribution < 1.29 is 4.74 Å². The van der Waals surface area contributed by atoms with E-state index in [1.807, 2.05) is 29.2 Å². The highest BCUT2D eigenvalue weighted by molar-refractivity contribution is 5.79. The minimum absolute atomic E-state index is 0.122. The topological polar surface area (TPSA) is 63.5 Å². The van der Waals surface area contributed by atoms with Crippen LogP contribution in [0.4, 0.5) is 0 Å². The Labute approximate surface area is 136 Å². The lowest BCUT2D eigenvalue weighted by molar-refractivity contribution is 0.241. The summed E-state index contributed by atoms with van der Waals surface area (Å²) in [6.07, 6.45) is 6.60. The van der Waals surface area contributed by atoms with Crippen LogP contribution >= 0.6 is 0 Å². The number of nitrogens with one attached hydrogen (secondary N) is 2. The number of benzene rings is 1. The van der Waals surface area contributed by atoms with E-state index in [4.69, 9.17) is 4.74 Å². The Hall–Kier alpha value is -2.50. The lowest BCUT2D eigenvalue weighted by atomic mass is 10.1. The highest BCUT2D eigenvalue weighted by Gasteiger charge is 2.21. The molecule has 0 bridgehead atoms. The van der Waals surface area contributed by atoms with E-state index in [9.17, 15) is 0 Å². The van der Waals surface area contributed by atoms with Crippen molar-refractivity contribution in [1.82, 2.24) is 20.2 Å². The average Bonchev–Trinajstić information content (AvgIpc) is 3.21. The van der Waals surface area contributed by atoms with E-state index in [0.29, 0.717) is 6.54 Å². The molecule has 2 heterocycles. The average molecular weight is 313 g/mol. The number of fused-ring (bicyclic) bond motifs is 1. The Kier molecular flexibility index (Phi) is 5.13. The van der Waals surface area contributed by atoms with Crippen LogP contribution in [0.3, 0.4) is 0 Å². The fraction of sp³-hybridized carbons (Fsp3) is 0.412. The van der Waals surface area contributed by atoms with Crippen LogP contribution in [0.5, 0.6) is 5.75 Å². The number of hydrogen-bond donors (Lipinski definition) is 2. The van der Waals surface area contributed by atoms with Crippen molar-refractivity contribution >= 4 is 5.96 Å². The van der Waals surface area contributed by atoms with Crippen molar-refractivity contribution in [3.63, 3.8) is 0 Å². The van der Waals surface area contributed by atoms with Crippen LogP contribution in [0.15, 0.2) is 48.0 Å². The van der Waals surface area contributed by atoms with Gasteiger partial charge in [0.25, 0.3) is 0 Å². The summed E-state index contributed by atoms with van der Waals surface area (Å²) in [5, 5.41) is 6.61. The highest BCUT2D eigenvalue weighted by atomic mass is 16.5. The summed E-state index contributed by atoms with van der Waals surface area (Å²) in [4.78, 5) is 8.68. The van der Waals surface area contributed by atoms with Gasteiger partial charge in [-0.3, -0.25) is 0 Å². The molecule has 2 aromatic rings. The summed E-state index contributed by atoms with van der Waals surface area (Å²) in [6, 6.07) is 8.20. The predicted octanol–water partition coefficient (Wildman–Crippen LogP) is 1.44. The van der Waals surface area contributed by atoms with Crippen LogP contribution in [0.2, 0.25) is 0 Å². The summed E-state index contributed by atoms with van der Waals surface area (Å²) in [5.74, 6) is 1.82. The van der Waals surface area contributed by atoms with Crippen LogP contribution in [0.1, 0.15) is 12.5 Å². The lowest BCUT2D eigenvalue weighted by Gasteiger charge is -2.13. The fourth-order valence-electron chi connectivity index (χ4n) is 2.61.